The third-order valence-corrected chi connectivity index (χ3v) is 5.31. The van der Waals surface area contributed by atoms with E-state index in [-0.39, 0.29) is 17.5 Å². The van der Waals surface area contributed by atoms with Gasteiger partial charge in [0.15, 0.2) is 0 Å². The first-order valence-electron chi connectivity index (χ1n) is 8.41. The van der Waals surface area contributed by atoms with Crippen molar-refractivity contribution >= 4 is 16.0 Å². The molecule has 5 nitrogen and oxygen atoms in total. The Morgan fingerprint density at radius 1 is 1.04 bits per heavy atom. The van der Waals surface area contributed by atoms with Gasteiger partial charge < -0.3 is 4.74 Å². The highest BCUT2D eigenvalue weighted by Gasteiger charge is 2.27. The minimum absolute atomic E-state index is 0.0782. The molecule has 2 aromatic rings. The van der Waals surface area contributed by atoms with Crippen LogP contribution in [0.5, 0.6) is 0 Å². The van der Waals surface area contributed by atoms with E-state index < -0.39 is 21.5 Å². The van der Waals surface area contributed by atoms with Crippen molar-refractivity contribution < 1.29 is 17.9 Å². The largest absolute Gasteiger partial charge is 0.463 e. The number of hydrogen-bond acceptors (Lipinski definition) is 4. The zero-order chi connectivity index (χ0) is 19.4. The van der Waals surface area contributed by atoms with Gasteiger partial charge in [0.05, 0.1) is 16.4 Å². The number of nitrogens with one attached hydrogen (secondary N) is 1. The molecule has 0 spiro atoms. The molecule has 0 radical (unpaired) electrons. The van der Waals surface area contributed by atoms with Crippen LogP contribution in [-0.4, -0.2) is 21.0 Å². The van der Waals surface area contributed by atoms with Gasteiger partial charge in [0.1, 0.15) is 6.61 Å². The average Bonchev–Trinajstić information content (AvgIpc) is 2.58. The summed E-state index contributed by atoms with van der Waals surface area (Å²) in [5, 5.41) is 0. The third-order valence-electron chi connectivity index (χ3n) is 3.82. The molecule has 0 amide bonds. The number of hydrogen-bond donors (Lipinski definition) is 1. The molecule has 0 bridgehead atoms. The number of benzene rings is 2. The Hall–Kier alpha value is -2.18. The van der Waals surface area contributed by atoms with Gasteiger partial charge in [-0.2, -0.15) is 0 Å². The average molecular weight is 375 g/mol. The highest BCUT2D eigenvalue weighted by molar-refractivity contribution is 7.89. The molecule has 0 aliphatic heterocycles. The summed E-state index contributed by atoms with van der Waals surface area (Å²) in [6, 6.07) is 15.0. The second-order valence-corrected chi connectivity index (χ2v) is 8.96. The van der Waals surface area contributed by atoms with Gasteiger partial charge in [-0.1, -0.05) is 48.0 Å². The summed E-state index contributed by atoms with van der Waals surface area (Å²) in [5.74, 6) is -0.382. The summed E-state index contributed by atoms with van der Waals surface area (Å²) >= 11 is 0. The number of esters is 1. The van der Waals surface area contributed by atoms with Crippen LogP contribution in [-0.2, 0) is 19.6 Å². The Morgan fingerprint density at radius 3 is 2.15 bits per heavy atom. The van der Waals surface area contributed by atoms with Crippen molar-refractivity contribution in [1.29, 1.82) is 0 Å². The standard InChI is InChI=1S/C20H25NO4S/c1-15-10-12-17(13-11-15)26(23,24)21-18(16-8-6-5-7-9-16)14-25-19(22)20(2,3)4/h5-13,18,21H,14H2,1-4H3. The quantitative estimate of drug-likeness (QED) is 0.783. The van der Waals surface area contributed by atoms with Crippen LogP contribution >= 0.6 is 0 Å². The van der Waals surface area contributed by atoms with Crippen molar-refractivity contribution in [2.24, 2.45) is 5.41 Å². The van der Waals surface area contributed by atoms with Gasteiger partial charge in [-0.05, 0) is 45.4 Å². The van der Waals surface area contributed by atoms with Crippen molar-refractivity contribution in [3.05, 3.63) is 65.7 Å². The molecule has 1 atom stereocenters. The van der Waals surface area contributed by atoms with E-state index in [1.807, 2.05) is 25.1 Å². The van der Waals surface area contributed by atoms with Gasteiger partial charge in [0.25, 0.3) is 0 Å². The summed E-state index contributed by atoms with van der Waals surface area (Å²) in [7, 11) is -3.75. The van der Waals surface area contributed by atoms with Gasteiger partial charge in [-0.25, -0.2) is 13.1 Å². The van der Waals surface area contributed by atoms with Crippen LogP contribution in [0.4, 0.5) is 0 Å². The first-order chi connectivity index (χ1) is 12.1. The van der Waals surface area contributed by atoms with Crippen LogP contribution in [0.15, 0.2) is 59.5 Å². The summed E-state index contributed by atoms with van der Waals surface area (Å²) in [6.45, 7) is 7.07. The summed E-state index contributed by atoms with van der Waals surface area (Å²) < 4.78 is 33.4. The van der Waals surface area contributed by atoms with E-state index in [4.69, 9.17) is 4.74 Å². The van der Waals surface area contributed by atoms with Crippen molar-refractivity contribution in [1.82, 2.24) is 4.72 Å². The zero-order valence-electron chi connectivity index (χ0n) is 15.5. The van der Waals surface area contributed by atoms with E-state index in [2.05, 4.69) is 4.72 Å². The fourth-order valence-electron chi connectivity index (χ4n) is 2.23. The predicted molar refractivity (Wildman–Crippen MR) is 101 cm³/mol. The van der Waals surface area contributed by atoms with Crippen molar-refractivity contribution in [3.8, 4) is 0 Å². The summed E-state index contributed by atoms with van der Waals surface area (Å²) in [5.41, 5.74) is 1.05. The van der Waals surface area contributed by atoms with Crippen LogP contribution in [0.2, 0.25) is 0 Å². The van der Waals surface area contributed by atoms with Gasteiger partial charge >= 0.3 is 5.97 Å². The predicted octanol–water partition coefficient (Wildman–Crippen LogP) is 3.60. The zero-order valence-corrected chi connectivity index (χ0v) is 16.3. The van der Waals surface area contributed by atoms with E-state index in [0.29, 0.717) is 0 Å². The first-order valence-corrected chi connectivity index (χ1v) is 9.89. The van der Waals surface area contributed by atoms with Gasteiger partial charge in [-0.15, -0.1) is 0 Å². The van der Waals surface area contributed by atoms with Crippen molar-refractivity contribution in [2.45, 2.75) is 38.6 Å². The van der Waals surface area contributed by atoms with Gasteiger partial charge in [-0.3, -0.25) is 4.79 Å². The molecule has 26 heavy (non-hydrogen) atoms. The maximum atomic E-state index is 12.7. The number of ether oxygens (including phenoxy) is 1. The lowest BCUT2D eigenvalue weighted by Crippen LogP contribution is -2.34. The molecule has 2 aromatic carbocycles. The lowest BCUT2D eigenvalue weighted by atomic mass is 9.97. The minimum Gasteiger partial charge on any atom is -0.463 e. The van der Waals surface area contributed by atoms with E-state index in [9.17, 15) is 13.2 Å². The Labute approximate surface area is 155 Å². The maximum Gasteiger partial charge on any atom is 0.311 e. The van der Waals surface area contributed by atoms with E-state index >= 15 is 0 Å². The molecule has 2 rings (SSSR count). The molecule has 0 fully saturated rings. The number of aryl methyl sites for hydroxylation is 1. The van der Waals surface area contributed by atoms with Crippen LogP contribution in [0, 0.1) is 12.3 Å². The third kappa shape index (κ3) is 5.41. The number of sulfonamides is 1. The Bertz CT molecular complexity index is 838. The highest BCUT2D eigenvalue weighted by Crippen LogP contribution is 2.21. The minimum atomic E-state index is -3.75. The Kier molecular flexibility index (Phi) is 6.21. The number of carbonyl (C=O) groups excluding carboxylic acids is 1. The van der Waals surface area contributed by atoms with Crippen LogP contribution in [0.25, 0.3) is 0 Å². The van der Waals surface area contributed by atoms with Gasteiger partial charge in [0, 0.05) is 0 Å². The monoisotopic (exact) mass is 375 g/mol. The lowest BCUT2D eigenvalue weighted by molar-refractivity contribution is -0.153. The smallest absolute Gasteiger partial charge is 0.311 e. The first kappa shape index (κ1) is 20.1. The lowest BCUT2D eigenvalue weighted by Gasteiger charge is -2.22. The fourth-order valence-corrected chi connectivity index (χ4v) is 3.44. The Morgan fingerprint density at radius 2 is 1.62 bits per heavy atom. The second-order valence-electron chi connectivity index (χ2n) is 7.25. The normalized spacial score (nSPS) is 13.2. The maximum absolute atomic E-state index is 12.7. The van der Waals surface area contributed by atoms with Crippen LogP contribution < -0.4 is 4.72 Å². The van der Waals surface area contributed by atoms with Gasteiger partial charge in [0.2, 0.25) is 10.0 Å². The summed E-state index contributed by atoms with van der Waals surface area (Å²) in [6.07, 6.45) is 0. The molecule has 0 saturated heterocycles. The molecular formula is C20H25NO4S. The second kappa shape index (κ2) is 8.01. The number of rotatable bonds is 6. The van der Waals surface area contributed by atoms with Crippen LogP contribution in [0.3, 0.4) is 0 Å². The van der Waals surface area contributed by atoms with Crippen molar-refractivity contribution in [2.75, 3.05) is 6.61 Å². The molecule has 0 heterocycles. The van der Waals surface area contributed by atoms with E-state index in [1.54, 1.807) is 57.2 Å². The SMILES string of the molecule is Cc1ccc(S(=O)(=O)NC(COC(=O)C(C)(C)C)c2ccccc2)cc1. The molecule has 6 heteroatoms. The Balaban J connectivity index is 2.24. The molecule has 1 N–H and O–H groups in total. The van der Waals surface area contributed by atoms with E-state index in [0.717, 1.165) is 11.1 Å². The highest BCUT2D eigenvalue weighted by atomic mass is 32.2. The molecule has 0 aliphatic rings. The van der Waals surface area contributed by atoms with Crippen molar-refractivity contribution in [3.63, 3.8) is 0 Å². The summed E-state index contributed by atoms with van der Waals surface area (Å²) in [4.78, 5) is 12.2. The molecule has 0 aromatic heterocycles. The molecule has 0 saturated carbocycles. The molecule has 1 unspecified atom stereocenters. The number of carbonyl (C=O) groups is 1. The van der Waals surface area contributed by atoms with E-state index in [1.165, 1.54) is 0 Å². The molecule has 140 valence electrons. The van der Waals surface area contributed by atoms with Crippen LogP contribution in [0.1, 0.15) is 37.9 Å². The fraction of sp³-hybridized carbons (Fsp3) is 0.350. The molecular weight excluding hydrogens is 350 g/mol. The topological polar surface area (TPSA) is 72.5 Å². The molecule has 0 aliphatic carbocycles.